The fraction of sp³-hybridized carbons (Fsp3) is 0. The van der Waals surface area contributed by atoms with E-state index in [-0.39, 0.29) is 20.1 Å². The van der Waals surface area contributed by atoms with Gasteiger partial charge in [-0.3, -0.25) is 0 Å². The van der Waals surface area contributed by atoms with E-state index in [1.165, 1.54) is 141 Å². The Balaban J connectivity index is 0.890. The van der Waals surface area contributed by atoms with Crippen molar-refractivity contribution in [3.05, 3.63) is 200 Å². The Morgan fingerprint density at radius 3 is 0.725 bits per heavy atom. The van der Waals surface area contributed by atoms with Gasteiger partial charge in [0.2, 0.25) is 20.1 Å². The number of hydrogen-bond donors (Lipinski definition) is 0. The van der Waals surface area contributed by atoms with E-state index in [2.05, 4.69) is 200 Å². The predicted octanol–water partition coefficient (Wildman–Crippen LogP) is 11.0. The van der Waals surface area contributed by atoms with Crippen LogP contribution in [0.2, 0.25) is 0 Å². The smallest absolute Gasteiger partial charge is 0.0911 e. The van der Waals surface area contributed by atoms with E-state index in [1.54, 1.807) is 0 Å². The van der Waals surface area contributed by atoms with Gasteiger partial charge in [0, 0.05) is 58.7 Å². The number of rotatable bonds is 3. The Morgan fingerprint density at radius 2 is 0.435 bits per heavy atom. The van der Waals surface area contributed by atoms with Crippen LogP contribution in [0.3, 0.4) is 0 Å². The third kappa shape index (κ3) is 6.17. The largest absolute Gasteiger partial charge is 0.247 e. The van der Waals surface area contributed by atoms with Gasteiger partial charge in [-0.2, -0.15) is 0 Å². The third-order valence-electron chi connectivity index (χ3n) is 14.8. The summed E-state index contributed by atoms with van der Waals surface area (Å²) in [5.41, 5.74) is 20.3. The molecule has 69 heavy (non-hydrogen) atoms. The van der Waals surface area contributed by atoms with E-state index in [0.717, 1.165) is 0 Å². The molecule has 6 aliphatic rings. The summed E-state index contributed by atoms with van der Waals surface area (Å²) in [6.45, 7) is 0.576. The Labute approximate surface area is 428 Å². The van der Waals surface area contributed by atoms with Gasteiger partial charge in [0.05, 0.1) is 0 Å². The first-order valence-corrected chi connectivity index (χ1v) is 28.4. The van der Waals surface area contributed by atoms with E-state index >= 15 is 0 Å². The van der Waals surface area contributed by atoms with E-state index in [1.807, 2.05) is 70.6 Å². The molecule has 0 unspecified atom stereocenters. The van der Waals surface area contributed by atoms with Crippen LogP contribution in [0.1, 0.15) is 0 Å². The van der Waals surface area contributed by atoms with Crippen LogP contribution in [0.25, 0.3) is 33.4 Å². The van der Waals surface area contributed by atoms with Gasteiger partial charge in [-0.25, -0.2) is 0 Å². The number of fused-ring (bicyclic) bond motifs is 12. The summed E-state index contributed by atoms with van der Waals surface area (Å²) in [6, 6.07) is 77.2. The SMILES string of the molecule is c1ccc2c(c1)Sc1cccc3c1B2c1cc(-c2cc(-c4ccc5c(c4)B4c6ccccc6Sc6cccc(c64)S5)cc(-c4ccc5c(c4)B4c6ccccc6Sc6cccc(c64)S5)c2)ccc1S3. The molecule has 0 N–H and O–H groups in total. The van der Waals surface area contributed by atoms with Crippen molar-refractivity contribution in [1.82, 2.24) is 0 Å². The predicted molar refractivity (Wildman–Crippen MR) is 300 cm³/mol. The van der Waals surface area contributed by atoms with Gasteiger partial charge < -0.3 is 0 Å². The molecule has 0 aliphatic carbocycles. The first-order chi connectivity index (χ1) is 34.1. The Kier molecular flexibility index (Phi) is 9.04. The van der Waals surface area contributed by atoms with Gasteiger partial charge in [-0.05, 0) is 141 Å². The summed E-state index contributed by atoms with van der Waals surface area (Å²) in [5, 5.41) is 0. The monoisotopic (exact) mass is 978 g/mol. The minimum absolute atomic E-state index is 0.192. The van der Waals surface area contributed by atoms with Gasteiger partial charge in [-0.1, -0.05) is 213 Å². The van der Waals surface area contributed by atoms with Crippen LogP contribution in [0, 0.1) is 0 Å². The van der Waals surface area contributed by atoms with E-state index in [4.69, 9.17) is 0 Å². The van der Waals surface area contributed by atoms with Crippen LogP contribution in [0.15, 0.2) is 259 Å². The quantitative estimate of drug-likeness (QED) is 0.161. The fourth-order valence-electron chi connectivity index (χ4n) is 11.8. The van der Waals surface area contributed by atoms with E-state index < -0.39 is 0 Å². The minimum atomic E-state index is 0.192. The van der Waals surface area contributed by atoms with E-state index in [0.29, 0.717) is 0 Å². The molecule has 10 aromatic carbocycles. The maximum Gasteiger partial charge on any atom is 0.247 e. The molecule has 0 radical (unpaired) electrons. The molecule has 16 rings (SSSR count). The van der Waals surface area contributed by atoms with Crippen LogP contribution in [0.5, 0.6) is 0 Å². The first-order valence-electron chi connectivity index (χ1n) is 23.5. The molecule has 0 aromatic heterocycles. The summed E-state index contributed by atoms with van der Waals surface area (Å²) in [6.07, 6.45) is 0. The van der Waals surface area contributed by atoms with Gasteiger partial charge in [-0.15, -0.1) is 0 Å². The lowest BCUT2D eigenvalue weighted by Crippen LogP contribution is -2.58. The molecule has 9 heteroatoms. The molecular formula is C60H33B3S6. The van der Waals surface area contributed by atoms with Gasteiger partial charge in [0.1, 0.15) is 0 Å². The summed E-state index contributed by atoms with van der Waals surface area (Å²) < 4.78 is 0. The maximum absolute atomic E-state index is 2.53. The molecule has 0 saturated carbocycles. The second kappa shape index (κ2) is 15.5. The molecule has 10 aromatic rings. The molecule has 0 atom stereocenters. The van der Waals surface area contributed by atoms with Crippen LogP contribution in [0.4, 0.5) is 0 Å². The summed E-state index contributed by atoms with van der Waals surface area (Å²) in [7, 11) is 0. The summed E-state index contributed by atoms with van der Waals surface area (Å²) in [4.78, 5) is 16.4. The molecule has 0 bridgehead atoms. The summed E-state index contributed by atoms with van der Waals surface area (Å²) >= 11 is 11.6. The van der Waals surface area contributed by atoms with Crippen molar-refractivity contribution in [3.8, 4) is 33.4 Å². The minimum Gasteiger partial charge on any atom is -0.0911 e. The number of benzene rings is 10. The van der Waals surface area contributed by atoms with Crippen molar-refractivity contribution in [3.63, 3.8) is 0 Å². The highest BCUT2D eigenvalue weighted by atomic mass is 32.2. The fourth-order valence-corrected chi connectivity index (χ4v) is 19.0. The molecule has 6 heterocycles. The van der Waals surface area contributed by atoms with Crippen LogP contribution in [-0.4, -0.2) is 20.1 Å². The van der Waals surface area contributed by atoms with Crippen molar-refractivity contribution in [2.45, 2.75) is 58.7 Å². The molecule has 0 fully saturated rings. The third-order valence-corrected chi connectivity index (χ3v) is 21.9. The molecule has 0 amide bonds. The average Bonchev–Trinajstić information content (AvgIpc) is 3.40. The molecule has 0 nitrogen and oxygen atoms in total. The highest BCUT2D eigenvalue weighted by molar-refractivity contribution is 8.02. The molecule has 318 valence electrons. The Bertz CT molecular complexity index is 3470. The summed E-state index contributed by atoms with van der Waals surface area (Å²) in [5.74, 6) is 0. The topological polar surface area (TPSA) is 0 Å². The van der Waals surface area contributed by atoms with Gasteiger partial charge in [0.25, 0.3) is 0 Å². The van der Waals surface area contributed by atoms with Crippen molar-refractivity contribution in [2.24, 2.45) is 0 Å². The van der Waals surface area contributed by atoms with Gasteiger partial charge in [0.15, 0.2) is 0 Å². The lowest BCUT2D eigenvalue weighted by atomic mass is 9.36. The first kappa shape index (κ1) is 40.2. The zero-order valence-electron chi connectivity index (χ0n) is 36.7. The number of hydrogen-bond acceptors (Lipinski definition) is 6. The highest BCUT2D eigenvalue weighted by Gasteiger charge is 2.41. The van der Waals surface area contributed by atoms with Crippen molar-refractivity contribution in [2.75, 3.05) is 0 Å². The molecule has 0 saturated heterocycles. The molecule has 0 spiro atoms. The Morgan fingerprint density at radius 1 is 0.188 bits per heavy atom. The van der Waals surface area contributed by atoms with Crippen LogP contribution in [-0.2, 0) is 0 Å². The Hall–Kier alpha value is -5.51. The lowest BCUT2D eigenvalue weighted by Gasteiger charge is -2.33. The van der Waals surface area contributed by atoms with Crippen molar-refractivity contribution >= 4 is 140 Å². The second-order valence-corrected chi connectivity index (χ2v) is 25.1. The van der Waals surface area contributed by atoms with Gasteiger partial charge >= 0.3 is 0 Å². The lowest BCUT2D eigenvalue weighted by molar-refractivity contribution is 1.33. The standard InChI is InChI=1S/C60H33B3S6/c1-4-13-46-40(10-1)61-43-31-34(22-25-49(43)67-55-19-7-16-52(64-46)58(55)61)37-28-38(35-23-26-50-44(32-35)62-41-11-2-5-14-47(41)65-53-17-8-20-56(68-50)59(53)62)30-39(29-37)36-24-27-51-45(33-36)63-42-12-3-6-15-48(42)66-54-18-9-21-57(69-51)60(54)63/h1-33H. The zero-order chi connectivity index (χ0) is 44.9. The maximum atomic E-state index is 2.53. The van der Waals surface area contributed by atoms with Crippen LogP contribution >= 0.6 is 70.6 Å². The second-order valence-electron chi connectivity index (χ2n) is 18.6. The van der Waals surface area contributed by atoms with Crippen LogP contribution < -0.4 is 49.2 Å². The average molecular weight is 979 g/mol. The normalized spacial score (nSPS) is 14.5. The van der Waals surface area contributed by atoms with E-state index in [9.17, 15) is 0 Å². The highest BCUT2D eigenvalue weighted by Crippen LogP contribution is 2.44. The van der Waals surface area contributed by atoms with Crippen molar-refractivity contribution in [1.29, 1.82) is 0 Å². The molecule has 6 aliphatic heterocycles. The molecular weight excluding hydrogens is 945 g/mol. The zero-order valence-corrected chi connectivity index (χ0v) is 41.6. The van der Waals surface area contributed by atoms with Crippen molar-refractivity contribution < 1.29 is 0 Å².